The van der Waals surface area contributed by atoms with E-state index in [4.69, 9.17) is 9.47 Å². The molecule has 1 N–H and O–H groups in total. The maximum atomic E-state index is 10.1. The van der Waals surface area contributed by atoms with E-state index in [1.807, 2.05) is 0 Å². The van der Waals surface area contributed by atoms with Crippen LogP contribution in [-0.2, 0) is 9.47 Å². The topological polar surface area (TPSA) is 41.9 Å². The Labute approximate surface area is 124 Å². The lowest BCUT2D eigenvalue weighted by Crippen LogP contribution is -2.39. The fraction of sp³-hybridized carbons (Fsp3) is 1.00. The number of nitrogens with zero attached hydrogens (tertiary/aromatic N) is 1. The first-order valence-electron chi connectivity index (χ1n) is 8.07. The second-order valence-corrected chi connectivity index (χ2v) is 6.83. The average Bonchev–Trinajstić information content (AvgIpc) is 2.79. The van der Waals surface area contributed by atoms with Crippen molar-refractivity contribution in [2.24, 2.45) is 11.8 Å². The van der Waals surface area contributed by atoms with Crippen LogP contribution in [0.2, 0.25) is 0 Å². The molecule has 1 saturated heterocycles. The Kier molecular flexibility index (Phi) is 8.69. The molecule has 0 spiro atoms. The van der Waals surface area contributed by atoms with Crippen molar-refractivity contribution in [3.05, 3.63) is 0 Å². The second-order valence-electron chi connectivity index (χ2n) is 6.83. The predicted molar refractivity (Wildman–Crippen MR) is 81.9 cm³/mol. The van der Waals surface area contributed by atoms with Crippen LogP contribution in [0.3, 0.4) is 0 Å². The Morgan fingerprint density at radius 3 is 2.30 bits per heavy atom. The van der Waals surface area contributed by atoms with E-state index >= 15 is 0 Å². The van der Waals surface area contributed by atoms with E-state index < -0.39 is 6.10 Å². The molecule has 120 valence electrons. The molecule has 0 saturated carbocycles. The highest BCUT2D eigenvalue weighted by Crippen LogP contribution is 2.12. The summed E-state index contributed by atoms with van der Waals surface area (Å²) in [7, 11) is 0. The van der Waals surface area contributed by atoms with Crippen LogP contribution < -0.4 is 0 Å². The zero-order valence-electron chi connectivity index (χ0n) is 13.7. The second kappa shape index (κ2) is 9.72. The molecule has 2 atom stereocenters. The molecule has 0 aromatic heterocycles. The van der Waals surface area contributed by atoms with Gasteiger partial charge in [0.05, 0.1) is 25.4 Å². The number of hydrogen-bond acceptors (Lipinski definition) is 4. The lowest BCUT2D eigenvalue weighted by atomic mass is 10.1. The third kappa shape index (κ3) is 8.20. The fourth-order valence-electron chi connectivity index (χ4n) is 2.72. The molecular weight excluding hydrogens is 254 g/mol. The molecule has 0 radical (unpaired) electrons. The summed E-state index contributed by atoms with van der Waals surface area (Å²) in [6, 6.07) is 0. The van der Waals surface area contributed by atoms with Gasteiger partial charge in [-0.3, -0.25) is 0 Å². The summed E-state index contributed by atoms with van der Waals surface area (Å²) < 4.78 is 11.1. The van der Waals surface area contributed by atoms with Gasteiger partial charge in [0, 0.05) is 26.2 Å². The lowest BCUT2D eigenvalue weighted by molar-refractivity contribution is -0.0266. The normalized spacial score (nSPS) is 21.3. The summed E-state index contributed by atoms with van der Waals surface area (Å²) in [6.45, 7) is 13.5. The summed E-state index contributed by atoms with van der Waals surface area (Å²) in [5.41, 5.74) is 0. The van der Waals surface area contributed by atoms with Crippen LogP contribution >= 0.6 is 0 Å². The first-order valence-corrected chi connectivity index (χ1v) is 8.07. The van der Waals surface area contributed by atoms with Gasteiger partial charge in [0.25, 0.3) is 0 Å². The van der Waals surface area contributed by atoms with Crippen LogP contribution in [0.5, 0.6) is 0 Å². The van der Waals surface area contributed by atoms with Gasteiger partial charge in [0.15, 0.2) is 0 Å². The highest BCUT2D eigenvalue weighted by molar-refractivity contribution is 4.69. The standard InChI is InChI=1S/C16H33NO3/c1-13(2)8-17(9-14(3)4)10-15(18)11-19-12-16-6-5-7-20-16/h13-16,18H,5-12H2,1-4H3. The monoisotopic (exact) mass is 287 g/mol. The molecule has 1 aliphatic rings. The van der Waals surface area contributed by atoms with Gasteiger partial charge in [-0.1, -0.05) is 27.7 Å². The maximum Gasteiger partial charge on any atom is 0.0900 e. The van der Waals surface area contributed by atoms with Crippen LogP contribution in [0.1, 0.15) is 40.5 Å². The molecule has 1 heterocycles. The van der Waals surface area contributed by atoms with Crippen molar-refractivity contribution >= 4 is 0 Å². The predicted octanol–water partition coefficient (Wildman–Crippen LogP) is 2.16. The zero-order chi connectivity index (χ0) is 15.0. The van der Waals surface area contributed by atoms with Crippen molar-refractivity contribution in [2.45, 2.75) is 52.7 Å². The highest BCUT2D eigenvalue weighted by Gasteiger charge is 2.18. The lowest BCUT2D eigenvalue weighted by Gasteiger charge is -2.28. The smallest absolute Gasteiger partial charge is 0.0900 e. The summed E-state index contributed by atoms with van der Waals surface area (Å²) in [5.74, 6) is 1.24. The molecule has 0 amide bonds. The van der Waals surface area contributed by atoms with Crippen molar-refractivity contribution in [1.29, 1.82) is 0 Å². The summed E-state index contributed by atoms with van der Waals surface area (Å²) in [5, 5.41) is 10.1. The van der Waals surface area contributed by atoms with Gasteiger partial charge >= 0.3 is 0 Å². The molecule has 2 unspecified atom stereocenters. The molecule has 0 bridgehead atoms. The molecule has 0 aliphatic carbocycles. The summed E-state index contributed by atoms with van der Waals surface area (Å²) >= 11 is 0. The molecule has 0 aromatic rings. The van der Waals surface area contributed by atoms with Crippen LogP contribution in [0.4, 0.5) is 0 Å². The van der Waals surface area contributed by atoms with Crippen molar-refractivity contribution < 1.29 is 14.6 Å². The Hall–Kier alpha value is -0.160. The van der Waals surface area contributed by atoms with Gasteiger partial charge in [0.1, 0.15) is 0 Å². The Balaban J connectivity index is 2.19. The molecule has 4 heteroatoms. The Morgan fingerprint density at radius 1 is 1.15 bits per heavy atom. The van der Waals surface area contributed by atoms with E-state index in [1.165, 1.54) is 0 Å². The summed E-state index contributed by atoms with van der Waals surface area (Å²) in [4.78, 5) is 2.34. The van der Waals surface area contributed by atoms with Gasteiger partial charge in [-0.15, -0.1) is 0 Å². The molecule has 4 nitrogen and oxygen atoms in total. The first-order chi connectivity index (χ1) is 9.47. The number of rotatable bonds is 10. The maximum absolute atomic E-state index is 10.1. The van der Waals surface area contributed by atoms with Gasteiger partial charge in [-0.05, 0) is 24.7 Å². The van der Waals surface area contributed by atoms with E-state index in [0.29, 0.717) is 31.6 Å². The first kappa shape index (κ1) is 17.9. The Morgan fingerprint density at radius 2 is 1.80 bits per heavy atom. The minimum atomic E-state index is -0.408. The minimum Gasteiger partial charge on any atom is -0.389 e. The number of ether oxygens (including phenoxy) is 2. The summed E-state index contributed by atoms with van der Waals surface area (Å²) in [6.07, 6.45) is 2.05. The highest BCUT2D eigenvalue weighted by atomic mass is 16.5. The SMILES string of the molecule is CC(C)CN(CC(C)C)CC(O)COCC1CCCO1. The van der Waals surface area contributed by atoms with Crippen LogP contribution in [-0.4, -0.2) is 61.7 Å². The number of aliphatic hydroxyl groups excluding tert-OH is 1. The van der Waals surface area contributed by atoms with E-state index in [1.54, 1.807) is 0 Å². The molecular formula is C16H33NO3. The molecule has 20 heavy (non-hydrogen) atoms. The van der Waals surface area contributed by atoms with E-state index in [9.17, 15) is 5.11 Å². The quantitative estimate of drug-likeness (QED) is 0.668. The van der Waals surface area contributed by atoms with E-state index in [-0.39, 0.29) is 6.10 Å². The van der Waals surface area contributed by atoms with Gasteiger partial charge in [0.2, 0.25) is 0 Å². The van der Waals surface area contributed by atoms with Crippen molar-refractivity contribution in [3.63, 3.8) is 0 Å². The van der Waals surface area contributed by atoms with Crippen molar-refractivity contribution in [3.8, 4) is 0 Å². The van der Waals surface area contributed by atoms with Crippen LogP contribution in [0.25, 0.3) is 0 Å². The molecule has 1 fully saturated rings. The van der Waals surface area contributed by atoms with Gasteiger partial charge in [-0.2, -0.15) is 0 Å². The van der Waals surface area contributed by atoms with Gasteiger partial charge in [-0.25, -0.2) is 0 Å². The third-order valence-corrected chi connectivity index (χ3v) is 3.35. The zero-order valence-corrected chi connectivity index (χ0v) is 13.7. The molecule has 1 rings (SSSR count). The molecule has 1 aliphatic heterocycles. The van der Waals surface area contributed by atoms with E-state index in [2.05, 4.69) is 32.6 Å². The van der Waals surface area contributed by atoms with E-state index in [0.717, 1.165) is 32.5 Å². The van der Waals surface area contributed by atoms with Crippen molar-refractivity contribution in [2.75, 3.05) is 39.5 Å². The number of aliphatic hydroxyl groups is 1. The third-order valence-electron chi connectivity index (χ3n) is 3.35. The average molecular weight is 287 g/mol. The van der Waals surface area contributed by atoms with Crippen LogP contribution in [0, 0.1) is 11.8 Å². The fourth-order valence-corrected chi connectivity index (χ4v) is 2.72. The van der Waals surface area contributed by atoms with Gasteiger partial charge < -0.3 is 19.5 Å². The van der Waals surface area contributed by atoms with Crippen molar-refractivity contribution in [1.82, 2.24) is 4.90 Å². The largest absolute Gasteiger partial charge is 0.389 e. The van der Waals surface area contributed by atoms with Crippen LogP contribution in [0.15, 0.2) is 0 Å². The Bertz CT molecular complexity index is 230. The molecule has 0 aromatic carbocycles. The number of hydrogen-bond donors (Lipinski definition) is 1. The minimum absolute atomic E-state index is 0.240.